The molecule has 336 valence electrons. The van der Waals surface area contributed by atoms with Gasteiger partial charge in [0.25, 0.3) is 0 Å². The molecule has 0 radical (unpaired) electrons. The summed E-state index contributed by atoms with van der Waals surface area (Å²) in [7, 11) is 0. The van der Waals surface area contributed by atoms with Crippen molar-refractivity contribution < 1.29 is 0 Å². The van der Waals surface area contributed by atoms with E-state index in [9.17, 15) is 0 Å². The lowest BCUT2D eigenvalue weighted by Crippen LogP contribution is -2.25. The van der Waals surface area contributed by atoms with Crippen LogP contribution in [0.15, 0.2) is 209 Å². The molecule has 69 heavy (non-hydrogen) atoms. The summed E-state index contributed by atoms with van der Waals surface area (Å²) in [6, 6.07) is 46.2. The SMILES string of the molecule is CC.CC/C=C\c1c(C)ccc2c(-c3ccccc3)nc(-c3cccc(-n4c5cc(C6=CCC=C7C(=C6)SC6=C(C=CCC=C6)N7c6ccccc6)ccc5c5c6c(ccc54)C=CCC=C6)c3)nc12. The van der Waals surface area contributed by atoms with Gasteiger partial charge in [0, 0.05) is 54.0 Å². The first kappa shape index (κ1) is 43.8. The molecule has 0 atom stereocenters. The van der Waals surface area contributed by atoms with E-state index >= 15 is 0 Å². The Morgan fingerprint density at radius 1 is 0.638 bits per heavy atom. The van der Waals surface area contributed by atoms with Gasteiger partial charge in [-0.05, 0) is 115 Å². The number of para-hydroxylation sites is 1. The molecule has 5 heteroatoms. The van der Waals surface area contributed by atoms with Crippen molar-refractivity contribution >= 4 is 74.0 Å². The second-order valence-corrected chi connectivity index (χ2v) is 18.5. The van der Waals surface area contributed by atoms with Crippen molar-refractivity contribution in [2.24, 2.45) is 0 Å². The van der Waals surface area contributed by atoms with E-state index in [1.807, 2.05) is 25.6 Å². The minimum Gasteiger partial charge on any atom is -0.309 e. The molecule has 0 saturated carbocycles. The topological polar surface area (TPSA) is 34.0 Å². The maximum Gasteiger partial charge on any atom is 0.160 e. The van der Waals surface area contributed by atoms with Gasteiger partial charge in [-0.15, -0.1) is 0 Å². The molecule has 0 unspecified atom stereocenters. The minimum absolute atomic E-state index is 0.707. The van der Waals surface area contributed by atoms with Gasteiger partial charge in [0.05, 0.1) is 33.6 Å². The maximum atomic E-state index is 5.41. The summed E-state index contributed by atoms with van der Waals surface area (Å²) in [6.45, 7) is 8.35. The average molecular weight is 911 g/mol. The summed E-state index contributed by atoms with van der Waals surface area (Å²) in [5, 5.41) is 3.54. The van der Waals surface area contributed by atoms with Gasteiger partial charge in [-0.3, -0.25) is 0 Å². The molecule has 8 aromatic rings. The highest BCUT2D eigenvalue weighted by atomic mass is 32.2. The van der Waals surface area contributed by atoms with E-state index in [1.165, 1.54) is 71.0 Å². The minimum atomic E-state index is 0.707. The van der Waals surface area contributed by atoms with Crippen LogP contribution < -0.4 is 4.90 Å². The molecule has 3 heterocycles. The zero-order valence-electron chi connectivity index (χ0n) is 39.7. The highest BCUT2D eigenvalue weighted by Crippen LogP contribution is 2.48. The summed E-state index contributed by atoms with van der Waals surface area (Å²) in [5.74, 6) is 0.707. The Balaban J connectivity index is 0.00000257. The summed E-state index contributed by atoms with van der Waals surface area (Å²) < 4.78 is 2.46. The Morgan fingerprint density at radius 3 is 2.23 bits per heavy atom. The first-order valence-corrected chi connectivity index (χ1v) is 25.2. The Bertz CT molecular complexity index is 3610. The highest BCUT2D eigenvalue weighted by molar-refractivity contribution is 8.07. The van der Waals surface area contributed by atoms with Crippen molar-refractivity contribution in [3.05, 3.63) is 237 Å². The van der Waals surface area contributed by atoms with E-state index < -0.39 is 0 Å². The van der Waals surface area contributed by atoms with E-state index in [0.29, 0.717) is 5.82 Å². The fraction of sp³-hybridized carbons (Fsp3) is 0.125. The van der Waals surface area contributed by atoms with Crippen LogP contribution in [0.2, 0.25) is 0 Å². The second kappa shape index (κ2) is 19.1. The van der Waals surface area contributed by atoms with Crippen molar-refractivity contribution in [3.63, 3.8) is 0 Å². The molecule has 0 spiro atoms. The van der Waals surface area contributed by atoms with Crippen LogP contribution >= 0.6 is 11.8 Å². The highest BCUT2D eigenvalue weighted by Gasteiger charge is 2.29. The summed E-state index contributed by atoms with van der Waals surface area (Å²) >= 11 is 1.87. The van der Waals surface area contributed by atoms with Crippen LogP contribution in [-0.4, -0.2) is 14.5 Å². The van der Waals surface area contributed by atoms with Crippen LogP contribution in [0.4, 0.5) is 5.69 Å². The van der Waals surface area contributed by atoms with Gasteiger partial charge in [-0.1, -0.05) is 184 Å². The molecule has 2 aromatic heterocycles. The van der Waals surface area contributed by atoms with Gasteiger partial charge < -0.3 is 9.47 Å². The van der Waals surface area contributed by atoms with E-state index in [-0.39, 0.29) is 0 Å². The maximum absolute atomic E-state index is 5.41. The van der Waals surface area contributed by atoms with Gasteiger partial charge in [0.1, 0.15) is 0 Å². The van der Waals surface area contributed by atoms with Crippen molar-refractivity contribution in [1.29, 1.82) is 0 Å². The predicted octanol–water partition coefficient (Wildman–Crippen LogP) is 17.8. The number of hydrogen-bond donors (Lipinski definition) is 0. The van der Waals surface area contributed by atoms with Gasteiger partial charge in [0.15, 0.2) is 5.82 Å². The second-order valence-electron chi connectivity index (χ2n) is 17.4. The van der Waals surface area contributed by atoms with Crippen molar-refractivity contribution in [3.8, 4) is 28.3 Å². The number of aromatic nitrogens is 3. The summed E-state index contributed by atoms with van der Waals surface area (Å²) in [4.78, 5) is 15.7. The lowest BCUT2D eigenvalue weighted by Gasteiger charge is -2.35. The molecule has 4 nitrogen and oxygen atoms in total. The van der Waals surface area contributed by atoms with Crippen molar-refractivity contribution in [2.45, 2.75) is 53.4 Å². The quantitative estimate of drug-likeness (QED) is 0.160. The molecule has 6 aromatic carbocycles. The number of benzene rings is 6. The third-order valence-electron chi connectivity index (χ3n) is 13.2. The van der Waals surface area contributed by atoms with Crippen LogP contribution in [0.25, 0.3) is 84.8 Å². The molecule has 0 N–H and O–H groups in total. The van der Waals surface area contributed by atoms with Gasteiger partial charge in [-0.2, -0.15) is 0 Å². The number of anilines is 1. The molecule has 12 rings (SSSR count). The van der Waals surface area contributed by atoms with Gasteiger partial charge >= 0.3 is 0 Å². The number of allylic oxidation sites excluding steroid dienone is 11. The number of rotatable bonds is 7. The normalized spacial score (nSPS) is 15.2. The molecule has 0 bridgehead atoms. The van der Waals surface area contributed by atoms with Gasteiger partial charge in [0.2, 0.25) is 0 Å². The van der Waals surface area contributed by atoms with E-state index in [4.69, 9.17) is 9.97 Å². The lowest BCUT2D eigenvalue weighted by atomic mass is 9.98. The number of hydrogen-bond acceptors (Lipinski definition) is 4. The summed E-state index contributed by atoms with van der Waals surface area (Å²) in [6.07, 6.45) is 33.5. The molecule has 0 amide bonds. The van der Waals surface area contributed by atoms with E-state index in [2.05, 4.69) is 230 Å². The Morgan fingerprint density at radius 2 is 1.39 bits per heavy atom. The predicted molar refractivity (Wildman–Crippen MR) is 298 cm³/mol. The molecule has 0 saturated heterocycles. The van der Waals surface area contributed by atoms with E-state index in [0.717, 1.165) is 70.2 Å². The van der Waals surface area contributed by atoms with Crippen molar-refractivity contribution in [1.82, 2.24) is 14.5 Å². The lowest BCUT2D eigenvalue weighted by molar-refractivity contribution is 1.11. The first-order chi connectivity index (χ1) is 34.1. The number of fused-ring (bicyclic) bond motifs is 7. The zero-order valence-corrected chi connectivity index (χ0v) is 40.5. The smallest absolute Gasteiger partial charge is 0.160 e. The van der Waals surface area contributed by atoms with E-state index in [1.54, 1.807) is 0 Å². The molecule has 3 aliphatic carbocycles. The number of thioether (sulfide) groups is 1. The van der Waals surface area contributed by atoms with Crippen LogP contribution in [0.5, 0.6) is 0 Å². The van der Waals surface area contributed by atoms with Crippen LogP contribution in [0, 0.1) is 6.92 Å². The molecule has 1 aliphatic heterocycles. The first-order valence-electron chi connectivity index (χ1n) is 24.4. The largest absolute Gasteiger partial charge is 0.309 e. The monoisotopic (exact) mass is 910 g/mol. The molecular weight excluding hydrogens is 857 g/mol. The van der Waals surface area contributed by atoms with Crippen LogP contribution in [-0.2, 0) is 0 Å². The van der Waals surface area contributed by atoms with Crippen molar-refractivity contribution in [2.75, 3.05) is 4.90 Å². The standard InChI is InChI=1S/C62H48N4S.C2H6/c1-3-4-27-49-41(2)32-35-52-60(43-20-10-5-11-21-43)63-62(64-61(49)52)46-23-17-26-48(38-46)66-55-37-34-42-19-9-6-14-28-50(42)59(55)51-36-33-45(39-56(51)66)44-22-18-30-54-58(40-44)67-57-31-16-8-15-29-53(57)65(54)47-24-12-7-13-25-47;1-2/h4-5,7,9-17,19-40H,3,6,8,18H2,1-2H3;1-2H3/b27-4-;. The third kappa shape index (κ3) is 8.07. The van der Waals surface area contributed by atoms with Gasteiger partial charge in [-0.25, -0.2) is 9.97 Å². The third-order valence-corrected chi connectivity index (χ3v) is 14.3. The Hall–Kier alpha value is -7.73. The van der Waals surface area contributed by atoms with Crippen LogP contribution in [0.3, 0.4) is 0 Å². The Kier molecular flexibility index (Phi) is 12.1. The fourth-order valence-electron chi connectivity index (χ4n) is 10.0. The number of aryl methyl sites for hydroxylation is 1. The fourth-order valence-corrected chi connectivity index (χ4v) is 11.1. The Labute approximate surface area is 410 Å². The average Bonchev–Trinajstić information content (AvgIpc) is 3.70. The molecular formula is C64H54N4S. The number of nitrogens with zero attached hydrogens (tertiary/aromatic N) is 4. The van der Waals surface area contributed by atoms with Crippen LogP contribution in [0.1, 0.15) is 74.3 Å². The summed E-state index contributed by atoms with van der Waals surface area (Å²) in [5.41, 5.74) is 18.2. The molecule has 0 fully saturated rings. The molecule has 4 aliphatic rings. The zero-order chi connectivity index (χ0) is 46.8.